The minimum atomic E-state index is 0.211. The van der Waals surface area contributed by atoms with Gasteiger partial charge < -0.3 is 4.90 Å². The van der Waals surface area contributed by atoms with E-state index in [-0.39, 0.29) is 17.2 Å². The van der Waals surface area contributed by atoms with Gasteiger partial charge in [0, 0.05) is 24.0 Å². The topological polar surface area (TPSA) is 20.3 Å². The highest BCUT2D eigenvalue weighted by Crippen LogP contribution is 2.52. The second-order valence-electron chi connectivity index (χ2n) is 5.57. The molecule has 17 heavy (non-hydrogen) atoms. The summed E-state index contributed by atoms with van der Waals surface area (Å²) in [5.41, 5.74) is 1.37. The van der Waals surface area contributed by atoms with Gasteiger partial charge in [-0.3, -0.25) is 4.79 Å². The van der Waals surface area contributed by atoms with Crippen LogP contribution in [0.5, 0.6) is 0 Å². The first-order chi connectivity index (χ1) is 7.90. The lowest BCUT2D eigenvalue weighted by atomic mass is 10.1. The predicted octanol–water partition coefficient (Wildman–Crippen LogP) is 3.45. The molecule has 0 aliphatic heterocycles. The third kappa shape index (κ3) is 2.89. The Morgan fingerprint density at radius 2 is 2.18 bits per heavy atom. The molecular formula is C14H18BrNO. The summed E-state index contributed by atoms with van der Waals surface area (Å²) in [5, 5.41) is 0. The van der Waals surface area contributed by atoms with E-state index in [4.69, 9.17) is 0 Å². The van der Waals surface area contributed by atoms with E-state index >= 15 is 0 Å². The van der Waals surface area contributed by atoms with Gasteiger partial charge >= 0.3 is 0 Å². The number of hydrogen-bond acceptors (Lipinski definition) is 1. The van der Waals surface area contributed by atoms with Gasteiger partial charge in [-0.05, 0) is 29.5 Å². The Labute approximate surface area is 111 Å². The maximum absolute atomic E-state index is 12.1. The zero-order valence-electron chi connectivity index (χ0n) is 10.5. The average Bonchev–Trinajstić information content (AvgIpc) is 2.86. The fraction of sp³-hybridized carbons (Fsp3) is 0.500. The highest BCUT2D eigenvalue weighted by Gasteiger charge is 2.51. The Hall–Kier alpha value is -0.830. The molecule has 1 aromatic carbocycles. The smallest absolute Gasteiger partial charge is 0.226 e. The molecule has 0 N–H and O–H groups in total. The maximum Gasteiger partial charge on any atom is 0.226 e. The van der Waals surface area contributed by atoms with Crippen LogP contribution in [0.2, 0.25) is 0 Å². The Kier molecular flexibility index (Phi) is 3.30. The zero-order chi connectivity index (χ0) is 12.6. The van der Waals surface area contributed by atoms with Gasteiger partial charge in [0.25, 0.3) is 0 Å². The highest BCUT2D eigenvalue weighted by atomic mass is 79.9. The SMILES string of the molecule is CN(Cc1cccc(Br)c1)C(=O)C1CC1(C)C. The predicted molar refractivity (Wildman–Crippen MR) is 72.5 cm³/mol. The van der Waals surface area contributed by atoms with Gasteiger partial charge in [0.1, 0.15) is 0 Å². The van der Waals surface area contributed by atoms with Crippen molar-refractivity contribution in [2.75, 3.05) is 7.05 Å². The summed E-state index contributed by atoms with van der Waals surface area (Å²) < 4.78 is 1.06. The van der Waals surface area contributed by atoms with Crippen molar-refractivity contribution < 1.29 is 4.79 Å². The van der Waals surface area contributed by atoms with Crippen LogP contribution in [0.25, 0.3) is 0 Å². The maximum atomic E-state index is 12.1. The fourth-order valence-electron chi connectivity index (χ4n) is 2.14. The third-order valence-electron chi connectivity index (χ3n) is 3.50. The van der Waals surface area contributed by atoms with Crippen LogP contribution in [0.3, 0.4) is 0 Å². The summed E-state index contributed by atoms with van der Waals surface area (Å²) in [5.74, 6) is 0.495. The van der Waals surface area contributed by atoms with Crippen LogP contribution in [0, 0.1) is 11.3 Å². The molecular weight excluding hydrogens is 278 g/mol. The van der Waals surface area contributed by atoms with Crippen LogP contribution >= 0.6 is 15.9 Å². The zero-order valence-corrected chi connectivity index (χ0v) is 12.1. The van der Waals surface area contributed by atoms with Crippen molar-refractivity contribution in [1.82, 2.24) is 4.90 Å². The van der Waals surface area contributed by atoms with Crippen molar-refractivity contribution in [1.29, 1.82) is 0 Å². The molecule has 0 saturated heterocycles. The summed E-state index contributed by atoms with van der Waals surface area (Å²) in [6.07, 6.45) is 1.02. The number of nitrogens with zero attached hydrogens (tertiary/aromatic N) is 1. The lowest BCUT2D eigenvalue weighted by Crippen LogP contribution is -2.28. The standard InChI is InChI=1S/C14H18BrNO/c1-14(2)8-12(14)13(17)16(3)9-10-5-4-6-11(15)7-10/h4-7,12H,8-9H2,1-3H3. The second-order valence-corrected chi connectivity index (χ2v) is 6.49. The molecule has 0 aromatic heterocycles. The number of hydrogen-bond donors (Lipinski definition) is 0. The Morgan fingerprint density at radius 3 is 2.71 bits per heavy atom. The van der Waals surface area contributed by atoms with Gasteiger partial charge in [-0.2, -0.15) is 0 Å². The van der Waals surface area contributed by atoms with E-state index in [0.717, 1.165) is 16.5 Å². The van der Waals surface area contributed by atoms with Gasteiger partial charge in [0.05, 0.1) is 0 Å². The summed E-state index contributed by atoms with van der Waals surface area (Å²) in [4.78, 5) is 14.0. The molecule has 0 spiro atoms. The van der Waals surface area contributed by atoms with E-state index in [0.29, 0.717) is 6.54 Å². The van der Waals surface area contributed by atoms with E-state index in [1.165, 1.54) is 0 Å². The van der Waals surface area contributed by atoms with Crippen molar-refractivity contribution in [2.45, 2.75) is 26.8 Å². The molecule has 92 valence electrons. The van der Waals surface area contributed by atoms with Crippen LogP contribution < -0.4 is 0 Å². The van der Waals surface area contributed by atoms with Crippen molar-refractivity contribution in [3.05, 3.63) is 34.3 Å². The molecule has 2 nitrogen and oxygen atoms in total. The minimum absolute atomic E-state index is 0.211. The number of rotatable bonds is 3. The molecule has 1 amide bonds. The third-order valence-corrected chi connectivity index (χ3v) is 3.99. The highest BCUT2D eigenvalue weighted by molar-refractivity contribution is 9.10. The minimum Gasteiger partial charge on any atom is -0.341 e. The lowest BCUT2D eigenvalue weighted by molar-refractivity contribution is -0.132. The first kappa shape index (κ1) is 12.6. The first-order valence-corrected chi connectivity index (χ1v) is 6.69. The monoisotopic (exact) mass is 295 g/mol. The van der Waals surface area contributed by atoms with Crippen molar-refractivity contribution in [3.8, 4) is 0 Å². The fourth-order valence-corrected chi connectivity index (χ4v) is 2.59. The van der Waals surface area contributed by atoms with Gasteiger partial charge in [0.15, 0.2) is 0 Å². The van der Waals surface area contributed by atoms with Crippen molar-refractivity contribution in [3.63, 3.8) is 0 Å². The summed E-state index contributed by atoms with van der Waals surface area (Å²) in [6, 6.07) is 8.10. The van der Waals surface area contributed by atoms with E-state index < -0.39 is 0 Å². The van der Waals surface area contributed by atoms with Crippen molar-refractivity contribution >= 4 is 21.8 Å². The van der Waals surface area contributed by atoms with Gasteiger partial charge in [-0.1, -0.05) is 41.9 Å². The number of carbonyl (C=O) groups excluding carboxylic acids is 1. The van der Waals surface area contributed by atoms with E-state index in [1.807, 2.05) is 30.1 Å². The number of halogens is 1. The van der Waals surface area contributed by atoms with Crippen LogP contribution in [0.4, 0.5) is 0 Å². The van der Waals surface area contributed by atoms with Crippen LogP contribution in [-0.2, 0) is 11.3 Å². The molecule has 1 saturated carbocycles. The molecule has 2 rings (SSSR count). The molecule has 3 heteroatoms. The van der Waals surface area contributed by atoms with E-state index in [2.05, 4.69) is 35.8 Å². The summed E-state index contributed by atoms with van der Waals surface area (Å²) >= 11 is 3.45. The molecule has 1 aromatic rings. The molecule has 0 radical (unpaired) electrons. The molecule has 1 atom stereocenters. The van der Waals surface area contributed by atoms with Gasteiger partial charge in [0.2, 0.25) is 5.91 Å². The number of benzene rings is 1. The largest absolute Gasteiger partial charge is 0.341 e. The summed E-state index contributed by atoms with van der Waals surface area (Å²) in [7, 11) is 1.89. The number of carbonyl (C=O) groups is 1. The second kappa shape index (κ2) is 4.45. The molecule has 1 unspecified atom stereocenters. The first-order valence-electron chi connectivity index (χ1n) is 5.89. The summed E-state index contributed by atoms with van der Waals surface area (Å²) in [6.45, 7) is 5.00. The Balaban J connectivity index is 1.98. The average molecular weight is 296 g/mol. The van der Waals surface area contributed by atoms with Gasteiger partial charge in [-0.15, -0.1) is 0 Å². The molecule has 1 aliphatic carbocycles. The van der Waals surface area contributed by atoms with Gasteiger partial charge in [-0.25, -0.2) is 0 Å². The van der Waals surface area contributed by atoms with E-state index in [9.17, 15) is 4.79 Å². The normalized spacial score (nSPS) is 21.1. The molecule has 1 fully saturated rings. The number of amides is 1. The van der Waals surface area contributed by atoms with Crippen LogP contribution in [-0.4, -0.2) is 17.9 Å². The molecule has 0 bridgehead atoms. The van der Waals surface area contributed by atoms with Crippen molar-refractivity contribution in [2.24, 2.45) is 11.3 Å². The molecule has 0 heterocycles. The Bertz CT molecular complexity index is 442. The lowest BCUT2D eigenvalue weighted by Gasteiger charge is -2.18. The quantitative estimate of drug-likeness (QED) is 0.836. The Morgan fingerprint density at radius 1 is 1.53 bits per heavy atom. The van der Waals surface area contributed by atoms with E-state index in [1.54, 1.807) is 0 Å². The van der Waals surface area contributed by atoms with Crippen LogP contribution in [0.15, 0.2) is 28.7 Å². The van der Waals surface area contributed by atoms with Crippen LogP contribution in [0.1, 0.15) is 25.8 Å². The molecule has 1 aliphatic rings.